The van der Waals surface area contributed by atoms with Crippen molar-refractivity contribution < 1.29 is 9.53 Å². The predicted molar refractivity (Wildman–Crippen MR) is 91.8 cm³/mol. The highest BCUT2D eigenvalue weighted by Crippen LogP contribution is 2.33. The molecule has 128 valence electrons. The van der Waals surface area contributed by atoms with Crippen molar-refractivity contribution in [3.05, 3.63) is 0 Å². The maximum atomic E-state index is 11.8. The standard InChI is InChI=1S/C20H36O2/c1-2-17-13-15-18(16-14-17)9-5-3-8-12-20(21)22-19-10-6-4-7-11-19/h17-19H,2-16H2,1H3/t17-,18-. The molecule has 0 unspecified atom stereocenters. The fourth-order valence-corrected chi connectivity index (χ4v) is 4.24. The van der Waals surface area contributed by atoms with E-state index in [4.69, 9.17) is 4.74 Å². The van der Waals surface area contributed by atoms with Gasteiger partial charge in [-0.3, -0.25) is 4.79 Å². The summed E-state index contributed by atoms with van der Waals surface area (Å²) in [5.41, 5.74) is 0. The quantitative estimate of drug-likeness (QED) is 0.404. The van der Waals surface area contributed by atoms with Crippen molar-refractivity contribution in [1.82, 2.24) is 0 Å². The number of unbranched alkanes of at least 4 members (excludes halogenated alkanes) is 2. The van der Waals surface area contributed by atoms with E-state index in [1.807, 2.05) is 0 Å². The van der Waals surface area contributed by atoms with Crippen LogP contribution in [0.3, 0.4) is 0 Å². The molecule has 0 aromatic heterocycles. The second kappa shape index (κ2) is 10.3. The molecule has 22 heavy (non-hydrogen) atoms. The lowest BCUT2D eigenvalue weighted by molar-refractivity contribution is -0.150. The largest absolute Gasteiger partial charge is 0.462 e. The van der Waals surface area contributed by atoms with Gasteiger partial charge in [-0.2, -0.15) is 0 Å². The molecule has 0 aromatic rings. The third kappa shape index (κ3) is 6.71. The molecule has 0 bridgehead atoms. The molecule has 0 aliphatic heterocycles. The van der Waals surface area contributed by atoms with Crippen molar-refractivity contribution in [2.24, 2.45) is 11.8 Å². The van der Waals surface area contributed by atoms with Crippen molar-refractivity contribution in [2.75, 3.05) is 0 Å². The van der Waals surface area contributed by atoms with Gasteiger partial charge in [0.05, 0.1) is 0 Å². The Morgan fingerprint density at radius 3 is 2.23 bits per heavy atom. The lowest BCUT2D eigenvalue weighted by Gasteiger charge is -2.27. The first-order valence-corrected chi connectivity index (χ1v) is 9.97. The van der Waals surface area contributed by atoms with E-state index in [1.165, 1.54) is 70.6 Å². The molecule has 0 saturated heterocycles. The molecule has 2 aliphatic rings. The minimum Gasteiger partial charge on any atom is -0.462 e. The topological polar surface area (TPSA) is 26.3 Å². The normalized spacial score (nSPS) is 26.8. The average molecular weight is 309 g/mol. The first-order chi connectivity index (χ1) is 10.8. The van der Waals surface area contributed by atoms with E-state index in [-0.39, 0.29) is 12.1 Å². The first kappa shape index (κ1) is 17.8. The number of rotatable bonds is 8. The highest BCUT2D eigenvalue weighted by molar-refractivity contribution is 5.69. The Labute approximate surface area is 137 Å². The molecule has 2 heteroatoms. The summed E-state index contributed by atoms with van der Waals surface area (Å²) >= 11 is 0. The van der Waals surface area contributed by atoms with Gasteiger partial charge in [0.15, 0.2) is 0 Å². The predicted octanol–water partition coefficient (Wildman–Crippen LogP) is 6.03. The SMILES string of the molecule is CC[C@H]1CC[C@H](CCCCCC(=O)OC2CCCCC2)CC1. The first-order valence-electron chi connectivity index (χ1n) is 9.97. The maximum absolute atomic E-state index is 11.8. The van der Waals surface area contributed by atoms with Gasteiger partial charge in [-0.05, 0) is 43.9 Å². The molecule has 2 aliphatic carbocycles. The zero-order valence-electron chi connectivity index (χ0n) is 14.7. The van der Waals surface area contributed by atoms with Gasteiger partial charge in [0.2, 0.25) is 0 Å². The average Bonchev–Trinajstić information content (AvgIpc) is 2.56. The Balaban J connectivity index is 1.44. The highest BCUT2D eigenvalue weighted by atomic mass is 16.5. The smallest absolute Gasteiger partial charge is 0.306 e. The van der Waals surface area contributed by atoms with Crippen molar-refractivity contribution in [3.63, 3.8) is 0 Å². The van der Waals surface area contributed by atoms with Crippen LogP contribution in [0, 0.1) is 11.8 Å². The molecule has 0 atom stereocenters. The second-order valence-electron chi connectivity index (χ2n) is 7.64. The summed E-state index contributed by atoms with van der Waals surface area (Å²) < 4.78 is 5.57. The Hall–Kier alpha value is -0.530. The van der Waals surface area contributed by atoms with Gasteiger partial charge in [-0.15, -0.1) is 0 Å². The van der Waals surface area contributed by atoms with E-state index in [2.05, 4.69) is 6.92 Å². The van der Waals surface area contributed by atoms with Crippen LogP contribution in [0.4, 0.5) is 0 Å². The highest BCUT2D eigenvalue weighted by Gasteiger charge is 2.20. The third-order valence-corrected chi connectivity index (χ3v) is 5.89. The lowest BCUT2D eigenvalue weighted by Crippen LogP contribution is -2.20. The van der Waals surface area contributed by atoms with Crippen LogP contribution in [0.25, 0.3) is 0 Å². The van der Waals surface area contributed by atoms with Crippen LogP contribution in [0.15, 0.2) is 0 Å². The van der Waals surface area contributed by atoms with Crippen LogP contribution in [-0.4, -0.2) is 12.1 Å². The summed E-state index contributed by atoms with van der Waals surface area (Å²) in [5, 5.41) is 0. The summed E-state index contributed by atoms with van der Waals surface area (Å²) in [6.45, 7) is 2.33. The van der Waals surface area contributed by atoms with E-state index in [1.54, 1.807) is 0 Å². The molecule has 0 amide bonds. The van der Waals surface area contributed by atoms with E-state index >= 15 is 0 Å². The fraction of sp³-hybridized carbons (Fsp3) is 0.950. The molecule has 0 aromatic carbocycles. The molecular formula is C20H36O2. The van der Waals surface area contributed by atoms with Crippen LogP contribution in [0.2, 0.25) is 0 Å². The van der Waals surface area contributed by atoms with E-state index in [9.17, 15) is 4.79 Å². The summed E-state index contributed by atoms with van der Waals surface area (Å²) in [4.78, 5) is 11.8. The monoisotopic (exact) mass is 308 g/mol. The van der Waals surface area contributed by atoms with Crippen molar-refractivity contribution in [1.29, 1.82) is 0 Å². The third-order valence-electron chi connectivity index (χ3n) is 5.89. The van der Waals surface area contributed by atoms with Crippen LogP contribution in [0.1, 0.15) is 103 Å². The molecule has 2 nitrogen and oxygen atoms in total. The van der Waals surface area contributed by atoms with Crippen molar-refractivity contribution in [3.8, 4) is 0 Å². The zero-order valence-corrected chi connectivity index (χ0v) is 14.7. The van der Waals surface area contributed by atoms with Crippen LogP contribution in [-0.2, 0) is 9.53 Å². The van der Waals surface area contributed by atoms with Crippen molar-refractivity contribution in [2.45, 2.75) is 109 Å². The number of ether oxygens (including phenoxy) is 1. The molecule has 2 fully saturated rings. The zero-order chi connectivity index (χ0) is 15.6. The minimum atomic E-state index is 0.0513. The molecular weight excluding hydrogens is 272 g/mol. The molecule has 0 N–H and O–H groups in total. The lowest BCUT2D eigenvalue weighted by atomic mass is 9.79. The Kier molecular flexibility index (Phi) is 8.33. The van der Waals surface area contributed by atoms with Gasteiger partial charge >= 0.3 is 5.97 Å². The minimum absolute atomic E-state index is 0.0513. The molecule has 0 spiro atoms. The number of hydrogen-bond acceptors (Lipinski definition) is 2. The van der Waals surface area contributed by atoms with Gasteiger partial charge in [0.25, 0.3) is 0 Å². The molecule has 0 heterocycles. The molecule has 2 saturated carbocycles. The number of esters is 1. The van der Waals surface area contributed by atoms with Crippen LogP contribution >= 0.6 is 0 Å². The van der Waals surface area contributed by atoms with E-state index in [0.29, 0.717) is 6.42 Å². The van der Waals surface area contributed by atoms with Crippen LogP contribution in [0.5, 0.6) is 0 Å². The van der Waals surface area contributed by atoms with Gasteiger partial charge in [-0.1, -0.05) is 64.7 Å². The van der Waals surface area contributed by atoms with Crippen LogP contribution < -0.4 is 0 Å². The van der Waals surface area contributed by atoms with E-state index in [0.717, 1.165) is 31.1 Å². The molecule has 0 radical (unpaired) electrons. The molecule has 2 rings (SSSR count). The Morgan fingerprint density at radius 2 is 1.55 bits per heavy atom. The maximum Gasteiger partial charge on any atom is 0.306 e. The Morgan fingerprint density at radius 1 is 0.864 bits per heavy atom. The van der Waals surface area contributed by atoms with Crippen molar-refractivity contribution >= 4 is 5.97 Å². The number of hydrogen-bond donors (Lipinski definition) is 0. The number of carbonyl (C=O) groups excluding carboxylic acids is 1. The summed E-state index contributed by atoms with van der Waals surface area (Å²) in [5.74, 6) is 2.03. The van der Waals surface area contributed by atoms with Gasteiger partial charge < -0.3 is 4.74 Å². The summed E-state index contributed by atoms with van der Waals surface area (Å²) in [6.07, 6.45) is 18.9. The van der Waals surface area contributed by atoms with Gasteiger partial charge in [0, 0.05) is 6.42 Å². The summed E-state index contributed by atoms with van der Waals surface area (Å²) in [7, 11) is 0. The second-order valence-corrected chi connectivity index (χ2v) is 7.64. The Bertz CT molecular complexity index is 299. The van der Waals surface area contributed by atoms with Gasteiger partial charge in [0.1, 0.15) is 6.10 Å². The summed E-state index contributed by atoms with van der Waals surface area (Å²) in [6, 6.07) is 0. The fourth-order valence-electron chi connectivity index (χ4n) is 4.24. The van der Waals surface area contributed by atoms with Gasteiger partial charge in [-0.25, -0.2) is 0 Å². The number of carbonyl (C=O) groups is 1. The van der Waals surface area contributed by atoms with E-state index < -0.39 is 0 Å².